The first kappa shape index (κ1) is 16.9. The lowest BCUT2D eigenvalue weighted by atomic mass is 9.89. The Morgan fingerprint density at radius 1 is 0.963 bits per heavy atom. The van der Waals surface area contributed by atoms with Crippen LogP contribution in [-0.4, -0.2) is 18.0 Å². The molecule has 1 heterocycles. The monoisotopic (exact) mass is 358 g/mol. The molecule has 1 aliphatic rings. The van der Waals surface area contributed by atoms with Crippen LogP contribution in [0.3, 0.4) is 0 Å². The van der Waals surface area contributed by atoms with E-state index in [0.29, 0.717) is 11.3 Å². The molecule has 4 nitrogen and oxygen atoms in total. The number of phenolic OH excluding ortho intramolecular Hbond substituents is 1. The number of Topliss-reactive ketones (excluding diaryl/α,β-unsaturated/α-hetero) is 1. The number of aromatic hydroxyl groups is 1. The molecular weight excluding hydrogens is 340 g/mol. The molecule has 0 fully saturated rings. The van der Waals surface area contributed by atoms with Gasteiger partial charge < -0.3 is 14.6 Å². The van der Waals surface area contributed by atoms with Gasteiger partial charge in [-0.15, -0.1) is 0 Å². The SMILES string of the molecule is COc1ccc(C2Oc3cccc(O)c3C(=O)/C2=C/c2ccccc2)cc1. The normalized spacial score (nSPS) is 17.3. The summed E-state index contributed by atoms with van der Waals surface area (Å²) in [6, 6.07) is 21.9. The first-order valence-electron chi connectivity index (χ1n) is 8.61. The van der Waals surface area contributed by atoms with E-state index in [1.807, 2.05) is 60.7 Å². The number of fused-ring (bicyclic) bond motifs is 1. The number of benzene rings is 3. The lowest BCUT2D eigenvalue weighted by Gasteiger charge is -2.28. The van der Waals surface area contributed by atoms with Crippen molar-refractivity contribution >= 4 is 11.9 Å². The maximum Gasteiger partial charge on any atom is 0.200 e. The molecule has 0 amide bonds. The van der Waals surface area contributed by atoms with Gasteiger partial charge in [0.1, 0.15) is 22.8 Å². The standard InChI is InChI=1S/C23H18O4/c1-26-17-12-10-16(11-13-17)23-18(14-15-6-3-2-4-7-15)22(25)21-19(24)8-5-9-20(21)27-23/h2-14,23-24H,1H3/b18-14-. The Balaban J connectivity index is 1.86. The van der Waals surface area contributed by atoms with Crippen molar-refractivity contribution in [1.29, 1.82) is 0 Å². The smallest absolute Gasteiger partial charge is 0.200 e. The number of hydrogen-bond donors (Lipinski definition) is 1. The lowest BCUT2D eigenvalue weighted by Crippen LogP contribution is -2.24. The Bertz CT molecular complexity index is 1000. The van der Waals surface area contributed by atoms with E-state index in [1.165, 1.54) is 6.07 Å². The summed E-state index contributed by atoms with van der Waals surface area (Å²) in [7, 11) is 1.61. The van der Waals surface area contributed by atoms with Crippen LogP contribution < -0.4 is 9.47 Å². The van der Waals surface area contributed by atoms with Crippen LogP contribution in [0.15, 0.2) is 78.4 Å². The molecule has 0 aromatic heterocycles. The maximum absolute atomic E-state index is 13.2. The third-order valence-electron chi connectivity index (χ3n) is 4.56. The van der Waals surface area contributed by atoms with Gasteiger partial charge in [-0.1, -0.05) is 48.5 Å². The number of methoxy groups -OCH3 is 1. The van der Waals surface area contributed by atoms with E-state index >= 15 is 0 Å². The highest BCUT2D eigenvalue weighted by Gasteiger charge is 2.34. The summed E-state index contributed by atoms with van der Waals surface area (Å²) >= 11 is 0. The van der Waals surface area contributed by atoms with Gasteiger partial charge in [0.2, 0.25) is 5.78 Å². The Morgan fingerprint density at radius 2 is 1.70 bits per heavy atom. The minimum atomic E-state index is -0.571. The summed E-state index contributed by atoms with van der Waals surface area (Å²) in [5.41, 5.74) is 2.40. The van der Waals surface area contributed by atoms with Crippen LogP contribution in [-0.2, 0) is 0 Å². The zero-order valence-electron chi connectivity index (χ0n) is 14.8. The van der Waals surface area contributed by atoms with E-state index in [2.05, 4.69) is 0 Å². The number of rotatable bonds is 3. The van der Waals surface area contributed by atoms with Crippen molar-refractivity contribution in [2.75, 3.05) is 7.11 Å². The van der Waals surface area contributed by atoms with Crippen molar-refractivity contribution in [2.45, 2.75) is 6.10 Å². The molecule has 1 atom stereocenters. The summed E-state index contributed by atoms with van der Waals surface area (Å²) in [5, 5.41) is 10.2. The third kappa shape index (κ3) is 3.17. The van der Waals surface area contributed by atoms with Gasteiger partial charge in [-0.25, -0.2) is 0 Å². The Hall–Kier alpha value is -3.53. The van der Waals surface area contributed by atoms with Crippen LogP contribution in [0.5, 0.6) is 17.2 Å². The molecule has 0 aliphatic carbocycles. The van der Waals surface area contributed by atoms with E-state index < -0.39 is 6.10 Å². The topological polar surface area (TPSA) is 55.8 Å². The number of phenols is 1. The van der Waals surface area contributed by atoms with Gasteiger partial charge in [0.05, 0.1) is 7.11 Å². The second-order valence-electron chi connectivity index (χ2n) is 6.26. The first-order valence-corrected chi connectivity index (χ1v) is 8.61. The molecule has 1 aliphatic heterocycles. The summed E-state index contributed by atoms with van der Waals surface area (Å²) in [6.45, 7) is 0. The molecule has 3 aromatic rings. The fourth-order valence-electron chi connectivity index (χ4n) is 3.20. The van der Waals surface area contributed by atoms with E-state index in [1.54, 1.807) is 19.2 Å². The molecule has 134 valence electrons. The molecule has 0 radical (unpaired) electrons. The van der Waals surface area contributed by atoms with E-state index in [-0.39, 0.29) is 17.1 Å². The van der Waals surface area contributed by atoms with Gasteiger partial charge in [0.15, 0.2) is 6.10 Å². The molecule has 1 N–H and O–H groups in total. The van der Waals surface area contributed by atoms with Crippen molar-refractivity contribution in [3.8, 4) is 17.2 Å². The highest BCUT2D eigenvalue weighted by Crippen LogP contribution is 2.42. The second-order valence-corrected chi connectivity index (χ2v) is 6.26. The van der Waals surface area contributed by atoms with Crippen molar-refractivity contribution < 1.29 is 19.4 Å². The summed E-state index contributed by atoms with van der Waals surface area (Å²) in [5.74, 6) is 0.794. The quantitative estimate of drug-likeness (QED) is 0.683. The van der Waals surface area contributed by atoms with Gasteiger partial charge in [0, 0.05) is 5.57 Å². The molecule has 4 heteroatoms. The van der Waals surface area contributed by atoms with Gasteiger partial charge in [-0.3, -0.25) is 4.79 Å². The van der Waals surface area contributed by atoms with Crippen LogP contribution in [0.4, 0.5) is 0 Å². The van der Waals surface area contributed by atoms with Crippen molar-refractivity contribution in [3.63, 3.8) is 0 Å². The minimum absolute atomic E-state index is 0.0790. The lowest BCUT2D eigenvalue weighted by molar-refractivity contribution is 0.0959. The van der Waals surface area contributed by atoms with Crippen LogP contribution in [0.1, 0.15) is 27.6 Å². The Morgan fingerprint density at radius 3 is 2.41 bits per heavy atom. The number of ketones is 1. The summed E-state index contributed by atoms with van der Waals surface area (Å²) in [4.78, 5) is 13.2. The maximum atomic E-state index is 13.2. The van der Waals surface area contributed by atoms with E-state index in [0.717, 1.165) is 16.9 Å². The predicted molar refractivity (Wildman–Crippen MR) is 103 cm³/mol. The molecule has 4 rings (SSSR count). The van der Waals surface area contributed by atoms with Crippen molar-refractivity contribution in [2.24, 2.45) is 0 Å². The summed E-state index contributed by atoms with van der Waals surface area (Å²) in [6.07, 6.45) is 1.24. The van der Waals surface area contributed by atoms with Gasteiger partial charge >= 0.3 is 0 Å². The van der Waals surface area contributed by atoms with Crippen LogP contribution >= 0.6 is 0 Å². The summed E-state index contributed by atoms with van der Waals surface area (Å²) < 4.78 is 11.4. The van der Waals surface area contributed by atoms with Gasteiger partial charge in [-0.05, 0) is 41.5 Å². The van der Waals surface area contributed by atoms with Gasteiger partial charge in [0.25, 0.3) is 0 Å². The van der Waals surface area contributed by atoms with E-state index in [9.17, 15) is 9.90 Å². The molecule has 0 saturated carbocycles. The number of carbonyl (C=O) groups excluding carboxylic acids is 1. The molecule has 0 spiro atoms. The molecule has 3 aromatic carbocycles. The van der Waals surface area contributed by atoms with Crippen LogP contribution in [0.2, 0.25) is 0 Å². The Labute approximate surface area is 157 Å². The highest BCUT2D eigenvalue weighted by atomic mass is 16.5. The van der Waals surface area contributed by atoms with Crippen LogP contribution in [0, 0.1) is 0 Å². The fourth-order valence-corrected chi connectivity index (χ4v) is 3.20. The van der Waals surface area contributed by atoms with E-state index in [4.69, 9.17) is 9.47 Å². The van der Waals surface area contributed by atoms with Crippen molar-refractivity contribution in [3.05, 3.63) is 95.1 Å². The number of ether oxygens (including phenoxy) is 2. The molecule has 0 bridgehead atoms. The predicted octanol–water partition coefficient (Wildman–Crippen LogP) is 4.80. The highest BCUT2D eigenvalue weighted by molar-refractivity contribution is 6.16. The average Bonchev–Trinajstić information content (AvgIpc) is 2.71. The first-order chi connectivity index (χ1) is 13.2. The minimum Gasteiger partial charge on any atom is -0.507 e. The fraction of sp³-hybridized carbons (Fsp3) is 0.0870. The number of carbonyl (C=O) groups is 1. The zero-order chi connectivity index (χ0) is 18.8. The molecular formula is C23H18O4. The molecule has 27 heavy (non-hydrogen) atoms. The number of hydrogen-bond acceptors (Lipinski definition) is 4. The van der Waals surface area contributed by atoms with Gasteiger partial charge in [-0.2, -0.15) is 0 Å². The largest absolute Gasteiger partial charge is 0.507 e. The Kier molecular flexibility index (Phi) is 4.38. The van der Waals surface area contributed by atoms with Crippen LogP contribution in [0.25, 0.3) is 6.08 Å². The third-order valence-corrected chi connectivity index (χ3v) is 4.56. The zero-order valence-corrected chi connectivity index (χ0v) is 14.8. The second kappa shape index (κ2) is 7.00. The molecule has 1 unspecified atom stereocenters. The average molecular weight is 358 g/mol. The van der Waals surface area contributed by atoms with Crippen molar-refractivity contribution in [1.82, 2.24) is 0 Å². The molecule has 0 saturated heterocycles.